The molecule has 0 aliphatic carbocycles. The molecule has 0 bridgehead atoms. The van der Waals surface area contributed by atoms with Gasteiger partial charge < -0.3 is 15.7 Å². The molecule has 0 aliphatic heterocycles. The van der Waals surface area contributed by atoms with Crippen LogP contribution in [0.4, 0.5) is 0 Å². The van der Waals surface area contributed by atoms with E-state index in [1.807, 2.05) is 13.8 Å². The van der Waals surface area contributed by atoms with E-state index in [4.69, 9.17) is 10.8 Å². The zero-order valence-corrected chi connectivity index (χ0v) is 11.5. The summed E-state index contributed by atoms with van der Waals surface area (Å²) in [4.78, 5) is 34.4. The largest absolute Gasteiger partial charge is 0.480 e. The Kier molecular flexibility index (Phi) is 8.19. The number of hydrogen-bond donors (Lipinski definition) is 2. The van der Waals surface area contributed by atoms with Crippen LogP contribution in [0.25, 0.3) is 0 Å². The Morgan fingerprint density at radius 2 is 2.00 bits per heavy atom. The maximum absolute atomic E-state index is 11.9. The number of amides is 2. The van der Waals surface area contributed by atoms with Crippen molar-refractivity contribution in [2.75, 3.05) is 18.1 Å². The molecule has 0 aromatic rings. The molecule has 2 amide bonds. The normalized spacial score (nSPS) is 11.9. The molecule has 0 radical (unpaired) electrons. The van der Waals surface area contributed by atoms with Gasteiger partial charge in [0.25, 0.3) is 0 Å². The first-order valence-corrected chi connectivity index (χ1v) is 6.91. The number of primary amides is 1. The van der Waals surface area contributed by atoms with Gasteiger partial charge >= 0.3 is 5.97 Å². The topological polar surface area (TPSA) is 101 Å². The van der Waals surface area contributed by atoms with Crippen molar-refractivity contribution in [1.82, 2.24) is 4.90 Å². The number of rotatable bonds is 9. The second-order valence-electron chi connectivity index (χ2n) is 3.94. The lowest BCUT2D eigenvalue weighted by atomic mass is 10.2. The smallest absolute Gasteiger partial charge is 0.323 e. The Bertz CT molecular complexity index is 309. The fourth-order valence-corrected chi connectivity index (χ4v) is 2.00. The van der Waals surface area contributed by atoms with Gasteiger partial charge in [0.1, 0.15) is 6.54 Å². The molecule has 0 rings (SSSR count). The number of nitrogens with two attached hydrogens (primary N) is 1. The lowest BCUT2D eigenvalue weighted by Gasteiger charge is -2.26. The first-order chi connectivity index (χ1) is 8.38. The van der Waals surface area contributed by atoms with Gasteiger partial charge in [-0.2, -0.15) is 11.8 Å². The number of thioether (sulfide) groups is 1. The molecule has 0 aliphatic rings. The van der Waals surface area contributed by atoms with E-state index < -0.39 is 11.9 Å². The van der Waals surface area contributed by atoms with Gasteiger partial charge in [0, 0.05) is 18.2 Å². The van der Waals surface area contributed by atoms with Crippen molar-refractivity contribution in [2.45, 2.75) is 32.7 Å². The number of carboxylic acids is 1. The van der Waals surface area contributed by atoms with Gasteiger partial charge in [-0.3, -0.25) is 14.4 Å². The molecule has 104 valence electrons. The molecule has 1 unspecified atom stereocenters. The van der Waals surface area contributed by atoms with Gasteiger partial charge in [0.2, 0.25) is 11.8 Å². The molecule has 6 nitrogen and oxygen atoms in total. The van der Waals surface area contributed by atoms with Crippen LogP contribution < -0.4 is 5.73 Å². The molecule has 0 fully saturated rings. The maximum atomic E-state index is 11.9. The van der Waals surface area contributed by atoms with Gasteiger partial charge in [-0.05, 0) is 13.3 Å². The van der Waals surface area contributed by atoms with Crippen molar-refractivity contribution in [3.63, 3.8) is 0 Å². The summed E-state index contributed by atoms with van der Waals surface area (Å²) in [7, 11) is 0. The molecular formula is C11H20N2O4S. The predicted molar refractivity (Wildman–Crippen MR) is 70.2 cm³/mol. The lowest BCUT2D eigenvalue weighted by Crippen LogP contribution is -2.42. The van der Waals surface area contributed by atoms with E-state index in [1.54, 1.807) is 0 Å². The van der Waals surface area contributed by atoms with E-state index in [2.05, 4.69) is 0 Å². The minimum atomic E-state index is -1.02. The lowest BCUT2D eigenvalue weighted by molar-refractivity contribution is -0.145. The van der Waals surface area contributed by atoms with Crippen molar-refractivity contribution in [1.29, 1.82) is 0 Å². The molecular weight excluding hydrogens is 256 g/mol. The number of carboxylic acid groups (broad SMARTS) is 1. The van der Waals surface area contributed by atoms with Crippen LogP contribution in [0.3, 0.4) is 0 Å². The Labute approximate surface area is 111 Å². The minimum Gasteiger partial charge on any atom is -0.480 e. The zero-order chi connectivity index (χ0) is 14.1. The van der Waals surface area contributed by atoms with Crippen molar-refractivity contribution in [3.8, 4) is 0 Å². The predicted octanol–water partition coefficient (Wildman–Crippen LogP) is 0.307. The third-order valence-electron chi connectivity index (χ3n) is 2.45. The first kappa shape index (κ1) is 16.8. The standard InChI is InChI=1S/C11H20N2O4S/c1-3-8(2)13(6-11(16)17)10(15)4-5-18-7-9(12)14/h8H,3-7H2,1-2H3,(H2,12,14)(H,16,17). The summed E-state index contributed by atoms with van der Waals surface area (Å²) < 4.78 is 0. The number of carbonyl (C=O) groups excluding carboxylic acids is 2. The van der Waals surface area contributed by atoms with E-state index >= 15 is 0 Å². The van der Waals surface area contributed by atoms with Gasteiger partial charge in [0.05, 0.1) is 5.75 Å². The Morgan fingerprint density at radius 3 is 2.44 bits per heavy atom. The third kappa shape index (κ3) is 7.16. The van der Waals surface area contributed by atoms with E-state index in [0.29, 0.717) is 12.2 Å². The molecule has 0 spiro atoms. The fraction of sp³-hybridized carbons (Fsp3) is 0.727. The van der Waals surface area contributed by atoms with Crippen LogP contribution in [0.15, 0.2) is 0 Å². The van der Waals surface area contributed by atoms with Crippen LogP contribution in [0.2, 0.25) is 0 Å². The fourth-order valence-electron chi connectivity index (χ4n) is 1.33. The van der Waals surface area contributed by atoms with Crippen LogP contribution >= 0.6 is 11.8 Å². The quantitative estimate of drug-likeness (QED) is 0.590. The van der Waals surface area contributed by atoms with Crippen LogP contribution in [0.5, 0.6) is 0 Å². The molecule has 0 saturated heterocycles. The van der Waals surface area contributed by atoms with E-state index in [0.717, 1.165) is 0 Å². The summed E-state index contributed by atoms with van der Waals surface area (Å²) in [6, 6.07) is -0.102. The molecule has 3 N–H and O–H groups in total. The second kappa shape index (κ2) is 8.79. The average molecular weight is 276 g/mol. The molecule has 7 heteroatoms. The minimum absolute atomic E-state index is 0.102. The van der Waals surface area contributed by atoms with Crippen molar-refractivity contribution >= 4 is 29.5 Å². The van der Waals surface area contributed by atoms with Gasteiger partial charge in [0.15, 0.2) is 0 Å². The highest BCUT2D eigenvalue weighted by atomic mass is 32.2. The molecule has 18 heavy (non-hydrogen) atoms. The Hall–Kier alpha value is -1.24. The van der Waals surface area contributed by atoms with Crippen LogP contribution in [0, 0.1) is 0 Å². The van der Waals surface area contributed by atoms with E-state index in [1.165, 1.54) is 16.7 Å². The van der Waals surface area contributed by atoms with Crippen molar-refractivity contribution in [3.05, 3.63) is 0 Å². The Balaban J connectivity index is 4.21. The highest BCUT2D eigenvalue weighted by Crippen LogP contribution is 2.09. The third-order valence-corrected chi connectivity index (χ3v) is 3.43. The summed E-state index contributed by atoms with van der Waals surface area (Å²) in [5.74, 6) is -1.00. The average Bonchev–Trinajstić information content (AvgIpc) is 2.29. The molecule has 0 heterocycles. The van der Waals surface area contributed by atoms with Crippen molar-refractivity contribution < 1.29 is 19.5 Å². The van der Waals surface area contributed by atoms with Crippen LogP contribution in [-0.4, -0.2) is 51.9 Å². The number of carbonyl (C=O) groups is 3. The van der Waals surface area contributed by atoms with E-state index in [-0.39, 0.29) is 30.7 Å². The first-order valence-electron chi connectivity index (χ1n) is 5.75. The molecule has 0 aromatic carbocycles. The highest BCUT2D eigenvalue weighted by Gasteiger charge is 2.20. The highest BCUT2D eigenvalue weighted by molar-refractivity contribution is 7.99. The van der Waals surface area contributed by atoms with Crippen LogP contribution in [0.1, 0.15) is 26.7 Å². The number of hydrogen-bond acceptors (Lipinski definition) is 4. The molecule has 0 saturated carbocycles. The molecule has 1 atom stereocenters. The summed E-state index contributed by atoms with van der Waals surface area (Å²) in [6.45, 7) is 3.43. The number of nitrogens with zero attached hydrogens (tertiary/aromatic N) is 1. The van der Waals surface area contributed by atoms with Gasteiger partial charge in [-0.25, -0.2) is 0 Å². The number of aliphatic carboxylic acids is 1. The summed E-state index contributed by atoms with van der Waals surface area (Å²) in [5, 5.41) is 8.76. The van der Waals surface area contributed by atoms with Crippen molar-refractivity contribution in [2.24, 2.45) is 5.73 Å². The zero-order valence-electron chi connectivity index (χ0n) is 10.7. The Morgan fingerprint density at radius 1 is 1.39 bits per heavy atom. The van der Waals surface area contributed by atoms with E-state index in [9.17, 15) is 14.4 Å². The second-order valence-corrected chi connectivity index (χ2v) is 5.05. The maximum Gasteiger partial charge on any atom is 0.323 e. The summed E-state index contributed by atoms with van der Waals surface area (Å²) in [6.07, 6.45) is 0.920. The van der Waals surface area contributed by atoms with Gasteiger partial charge in [-0.15, -0.1) is 0 Å². The van der Waals surface area contributed by atoms with Gasteiger partial charge in [-0.1, -0.05) is 6.92 Å². The molecule has 0 aromatic heterocycles. The summed E-state index contributed by atoms with van der Waals surface area (Å²) >= 11 is 1.28. The summed E-state index contributed by atoms with van der Waals surface area (Å²) in [5.41, 5.74) is 4.97. The van der Waals surface area contributed by atoms with Crippen LogP contribution in [-0.2, 0) is 14.4 Å². The SMILES string of the molecule is CCC(C)N(CC(=O)O)C(=O)CCSCC(N)=O. The monoisotopic (exact) mass is 276 g/mol.